The van der Waals surface area contributed by atoms with Gasteiger partial charge in [0.15, 0.2) is 11.6 Å². The van der Waals surface area contributed by atoms with E-state index in [0.29, 0.717) is 4.88 Å². The fourth-order valence-corrected chi connectivity index (χ4v) is 2.49. The summed E-state index contributed by atoms with van der Waals surface area (Å²) in [5, 5.41) is 12.2. The minimum absolute atomic E-state index is 0.0577. The number of amides is 1. The number of hydrogen-bond acceptors (Lipinski definition) is 5. The summed E-state index contributed by atoms with van der Waals surface area (Å²) in [4.78, 5) is 20.9. The van der Waals surface area contributed by atoms with Crippen molar-refractivity contribution in [3.8, 4) is 5.75 Å². The van der Waals surface area contributed by atoms with Crippen LogP contribution in [0.5, 0.6) is 5.75 Å². The molecule has 1 amide bonds. The van der Waals surface area contributed by atoms with E-state index in [1.807, 2.05) is 20.8 Å². The molecule has 19 heavy (non-hydrogen) atoms. The molecule has 0 unspecified atom stereocenters. The van der Waals surface area contributed by atoms with Crippen molar-refractivity contribution >= 4 is 23.1 Å². The highest BCUT2D eigenvalue weighted by molar-refractivity contribution is 7.12. The number of rotatable bonds is 2. The van der Waals surface area contributed by atoms with Gasteiger partial charge in [0.25, 0.3) is 5.91 Å². The van der Waals surface area contributed by atoms with Crippen LogP contribution in [0.4, 0.5) is 5.82 Å². The maximum atomic E-state index is 12.2. The molecule has 0 bridgehead atoms. The fourth-order valence-electron chi connectivity index (χ4n) is 1.60. The molecule has 0 aromatic carbocycles. The molecule has 0 fully saturated rings. The van der Waals surface area contributed by atoms with Crippen LogP contribution in [0.15, 0.2) is 23.8 Å². The molecule has 0 atom stereocenters. The van der Waals surface area contributed by atoms with Gasteiger partial charge in [-0.15, -0.1) is 11.3 Å². The fraction of sp³-hybridized carbons (Fsp3) is 0.308. The Morgan fingerprint density at radius 2 is 2.11 bits per heavy atom. The predicted molar refractivity (Wildman–Crippen MR) is 74.7 cm³/mol. The third-order valence-electron chi connectivity index (χ3n) is 2.50. The average Bonchev–Trinajstić information content (AvgIpc) is 2.81. The summed E-state index contributed by atoms with van der Waals surface area (Å²) in [5.74, 6) is -0.208. The first-order valence-electron chi connectivity index (χ1n) is 5.79. The van der Waals surface area contributed by atoms with Crippen LogP contribution in [0.25, 0.3) is 0 Å². The van der Waals surface area contributed by atoms with Crippen molar-refractivity contribution in [1.29, 1.82) is 0 Å². The maximum Gasteiger partial charge on any atom is 0.268 e. The highest BCUT2D eigenvalue weighted by Crippen LogP contribution is 2.28. The zero-order valence-electron chi connectivity index (χ0n) is 11.0. The molecule has 0 spiro atoms. The van der Waals surface area contributed by atoms with Gasteiger partial charge in [0.2, 0.25) is 0 Å². The third-order valence-corrected chi connectivity index (χ3v) is 3.33. The van der Waals surface area contributed by atoms with E-state index in [0.717, 1.165) is 5.69 Å². The van der Waals surface area contributed by atoms with E-state index in [4.69, 9.17) is 0 Å². The van der Waals surface area contributed by atoms with Crippen LogP contribution in [-0.2, 0) is 5.41 Å². The number of anilines is 1. The van der Waals surface area contributed by atoms with E-state index >= 15 is 0 Å². The number of nitrogens with zero attached hydrogens (tertiary/aromatic N) is 2. The monoisotopic (exact) mass is 277 g/mol. The molecule has 2 heterocycles. The molecule has 0 saturated carbocycles. The number of nitrogens with one attached hydrogen (secondary N) is 1. The minimum atomic E-state index is -0.304. The lowest BCUT2D eigenvalue weighted by Gasteiger charge is -2.17. The first-order valence-corrected chi connectivity index (χ1v) is 6.67. The molecule has 2 aromatic rings. The number of aromatic nitrogens is 2. The molecular weight excluding hydrogens is 262 g/mol. The highest BCUT2D eigenvalue weighted by Gasteiger charge is 2.25. The number of hydrogen-bond donors (Lipinski definition) is 2. The van der Waals surface area contributed by atoms with Crippen molar-refractivity contribution in [2.75, 3.05) is 5.32 Å². The molecule has 2 rings (SSSR count). The molecular formula is C13H15N3O2S. The van der Waals surface area contributed by atoms with Crippen molar-refractivity contribution in [3.05, 3.63) is 34.4 Å². The van der Waals surface area contributed by atoms with Gasteiger partial charge in [-0.3, -0.25) is 4.79 Å². The SMILES string of the molecule is CC(C)(C)c1ncsc1C(=O)Nc1ncccc1O. The highest BCUT2D eigenvalue weighted by atomic mass is 32.1. The van der Waals surface area contributed by atoms with Crippen LogP contribution in [0.3, 0.4) is 0 Å². The Kier molecular flexibility index (Phi) is 3.53. The molecule has 2 N–H and O–H groups in total. The summed E-state index contributed by atoms with van der Waals surface area (Å²) in [5.41, 5.74) is 2.18. The largest absolute Gasteiger partial charge is 0.504 e. The maximum absolute atomic E-state index is 12.2. The lowest BCUT2D eigenvalue weighted by molar-refractivity contribution is 0.102. The summed E-state index contributed by atoms with van der Waals surface area (Å²) < 4.78 is 0. The van der Waals surface area contributed by atoms with Gasteiger partial charge in [0, 0.05) is 11.6 Å². The first kappa shape index (κ1) is 13.5. The molecule has 5 nitrogen and oxygen atoms in total. The van der Waals surface area contributed by atoms with E-state index in [2.05, 4.69) is 15.3 Å². The Balaban J connectivity index is 2.27. The second-order valence-corrected chi connectivity index (χ2v) is 5.96. The van der Waals surface area contributed by atoms with Crippen LogP contribution in [0.2, 0.25) is 0 Å². The summed E-state index contributed by atoms with van der Waals surface area (Å²) in [6, 6.07) is 3.07. The smallest absolute Gasteiger partial charge is 0.268 e. The lowest BCUT2D eigenvalue weighted by atomic mass is 9.91. The number of thiazole rings is 1. The summed E-state index contributed by atoms with van der Waals surface area (Å²) >= 11 is 1.28. The quantitative estimate of drug-likeness (QED) is 0.885. The second kappa shape index (κ2) is 4.97. The van der Waals surface area contributed by atoms with Crippen LogP contribution >= 0.6 is 11.3 Å². The number of aromatic hydroxyl groups is 1. The summed E-state index contributed by atoms with van der Waals surface area (Å²) in [7, 11) is 0. The van der Waals surface area contributed by atoms with Crippen molar-refractivity contribution < 1.29 is 9.90 Å². The van der Waals surface area contributed by atoms with E-state index in [1.54, 1.807) is 11.6 Å². The molecule has 0 aliphatic carbocycles. The second-order valence-electron chi connectivity index (χ2n) is 5.11. The molecule has 100 valence electrons. The Morgan fingerprint density at radius 3 is 2.74 bits per heavy atom. The zero-order chi connectivity index (χ0) is 14.0. The molecule has 0 aliphatic heterocycles. The molecule has 0 aliphatic rings. The average molecular weight is 277 g/mol. The molecule has 6 heteroatoms. The number of pyridine rings is 1. The Morgan fingerprint density at radius 1 is 1.37 bits per heavy atom. The lowest BCUT2D eigenvalue weighted by Crippen LogP contribution is -2.20. The van der Waals surface area contributed by atoms with E-state index in [-0.39, 0.29) is 22.9 Å². The summed E-state index contributed by atoms with van der Waals surface area (Å²) in [6.07, 6.45) is 1.51. The Bertz CT molecular complexity index is 602. The van der Waals surface area contributed by atoms with E-state index in [9.17, 15) is 9.90 Å². The van der Waals surface area contributed by atoms with Gasteiger partial charge in [-0.2, -0.15) is 0 Å². The Labute approximate surface area is 115 Å². The normalized spacial score (nSPS) is 11.3. The van der Waals surface area contributed by atoms with Crippen molar-refractivity contribution in [3.63, 3.8) is 0 Å². The Hall–Kier alpha value is -1.95. The third kappa shape index (κ3) is 2.90. The molecule has 0 radical (unpaired) electrons. The van der Waals surface area contributed by atoms with Gasteiger partial charge in [-0.05, 0) is 12.1 Å². The van der Waals surface area contributed by atoms with Crippen LogP contribution in [0.1, 0.15) is 36.1 Å². The number of carbonyl (C=O) groups excluding carboxylic acids is 1. The zero-order valence-corrected chi connectivity index (χ0v) is 11.8. The number of carbonyl (C=O) groups is 1. The van der Waals surface area contributed by atoms with Crippen LogP contribution in [-0.4, -0.2) is 21.0 Å². The van der Waals surface area contributed by atoms with Crippen molar-refractivity contribution in [1.82, 2.24) is 9.97 Å². The van der Waals surface area contributed by atoms with Crippen LogP contribution < -0.4 is 5.32 Å². The van der Waals surface area contributed by atoms with E-state index in [1.165, 1.54) is 23.6 Å². The van der Waals surface area contributed by atoms with Crippen molar-refractivity contribution in [2.24, 2.45) is 0 Å². The molecule has 2 aromatic heterocycles. The van der Waals surface area contributed by atoms with Gasteiger partial charge in [0.1, 0.15) is 4.88 Å². The standard InChI is InChI=1S/C13H15N3O2S/c1-13(2,3)10-9(19-7-15-10)12(18)16-11-8(17)5-4-6-14-11/h4-7,17H,1-3H3,(H,14,16,18). The van der Waals surface area contributed by atoms with Crippen LogP contribution in [0, 0.1) is 0 Å². The van der Waals surface area contributed by atoms with Gasteiger partial charge in [0.05, 0.1) is 11.2 Å². The first-order chi connectivity index (χ1) is 8.89. The topological polar surface area (TPSA) is 75.1 Å². The van der Waals surface area contributed by atoms with Crippen molar-refractivity contribution in [2.45, 2.75) is 26.2 Å². The summed E-state index contributed by atoms with van der Waals surface area (Å²) in [6.45, 7) is 5.99. The van der Waals surface area contributed by atoms with Gasteiger partial charge in [-0.25, -0.2) is 9.97 Å². The molecule has 0 saturated heterocycles. The van der Waals surface area contributed by atoms with Gasteiger partial charge < -0.3 is 10.4 Å². The van der Waals surface area contributed by atoms with Gasteiger partial charge >= 0.3 is 0 Å². The van der Waals surface area contributed by atoms with Gasteiger partial charge in [-0.1, -0.05) is 20.8 Å². The minimum Gasteiger partial charge on any atom is -0.504 e. The predicted octanol–water partition coefficient (Wildman–Crippen LogP) is 2.79. The van der Waals surface area contributed by atoms with E-state index < -0.39 is 0 Å².